The Hall–Kier alpha value is -1.54. The van der Waals surface area contributed by atoms with Crippen molar-refractivity contribution in [1.29, 1.82) is 0 Å². The number of carbonyl (C=O) groups excluding carboxylic acids is 2. The van der Waals surface area contributed by atoms with Gasteiger partial charge in [0.05, 0.1) is 18.5 Å². The highest BCUT2D eigenvalue weighted by atomic mass is 28.4. The van der Waals surface area contributed by atoms with Crippen molar-refractivity contribution in [2.75, 3.05) is 19.6 Å². The number of rotatable bonds is 42. The molecule has 0 radical (unpaired) electrons. The minimum Gasteiger partial charge on any atom is -0.462 e. The second-order valence-electron chi connectivity index (χ2n) is 23.3. The molecule has 9 nitrogen and oxygen atoms in total. The zero-order chi connectivity index (χ0) is 50.2. The van der Waals surface area contributed by atoms with Gasteiger partial charge < -0.3 is 22.9 Å². The summed E-state index contributed by atoms with van der Waals surface area (Å²) in [4.78, 5) is 32.8. The van der Waals surface area contributed by atoms with Gasteiger partial charge in [-0.1, -0.05) is 159 Å². The van der Waals surface area contributed by atoms with E-state index in [4.69, 9.17) is 18.3 Å². The van der Waals surface area contributed by atoms with Crippen molar-refractivity contribution in [2.45, 2.75) is 310 Å². The van der Waals surface area contributed by atoms with Crippen molar-refractivity contribution in [3.05, 3.63) is 18.7 Å². The maximum absolute atomic E-state index is 12.9. The molecule has 11 heteroatoms. The minimum atomic E-state index is -2.08. The molecule has 0 spiro atoms. The lowest BCUT2D eigenvalue weighted by Crippen LogP contribution is -2.50. The van der Waals surface area contributed by atoms with Gasteiger partial charge in [0, 0.05) is 51.4 Å². The maximum Gasteiger partial charge on any atom is 0.306 e. The monoisotopic (exact) mass is 978 g/mol. The lowest BCUT2D eigenvalue weighted by molar-refractivity contribution is -0.150. The first kappa shape index (κ1) is 63.5. The van der Waals surface area contributed by atoms with E-state index in [1.165, 1.54) is 64.2 Å². The number of hydrogen-bond acceptors (Lipinski definition) is 8. The summed E-state index contributed by atoms with van der Waals surface area (Å²) in [6.07, 6.45) is 34.6. The number of hydrogen-bond donors (Lipinski definition) is 0. The van der Waals surface area contributed by atoms with Gasteiger partial charge >= 0.3 is 11.9 Å². The van der Waals surface area contributed by atoms with Crippen LogP contribution in [-0.2, 0) is 34.5 Å². The highest BCUT2D eigenvalue weighted by molar-refractivity contribution is 6.74. The highest BCUT2D eigenvalue weighted by Crippen LogP contribution is 2.39. The number of aryl methyl sites for hydroxylation is 1. The SMILES string of the molecule is CCCCCCCCC(CC)OC(=O)CCCCCC(CN(CCCn1ccnc1)CC(CCCCCC(=O)OC(CC)CCCCCCCC)O[Si](C)(C)C(C)(C)C)O[Si](C)(C)C(C)(C)C. The molecule has 1 aromatic rings. The van der Waals surface area contributed by atoms with E-state index in [-0.39, 0.29) is 46.4 Å². The predicted molar refractivity (Wildman–Crippen MR) is 290 cm³/mol. The van der Waals surface area contributed by atoms with Crippen LogP contribution in [0.2, 0.25) is 36.3 Å². The molecule has 1 rings (SSSR count). The molecule has 0 saturated heterocycles. The fourth-order valence-corrected chi connectivity index (χ4v) is 11.2. The lowest BCUT2D eigenvalue weighted by atomic mass is 10.1. The van der Waals surface area contributed by atoms with Gasteiger partial charge in [-0.3, -0.25) is 14.5 Å². The van der Waals surface area contributed by atoms with E-state index < -0.39 is 16.6 Å². The molecule has 0 fully saturated rings. The molecule has 1 aromatic heterocycles. The zero-order valence-electron chi connectivity index (χ0n) is 46.8. The van der Waals surface area contributed by atoms with Gasteiger partial charge in [0.2, 0.25) is 0 Å². The Morgan fingerprint density at radius 3 is 1.27 bits per heavy atom. The second kappa shape index (κ2) is 35.5. The topological polar surface area (TPSA) is 92.1 Å². The van der Waals surface area contributed by atoms with Crippen LogP contribution in [0.1, 0.15) is 243 Å². The van der Waals surface area contributed by atoms with Crippen LogP contribution in [0.5, 0.6) is 0 Å². The van der Waals surface area contributed by atoms with Gasteiger partial charge in [0.15, 0.2) is 16.6 Å². The van der Waals surface area contributed by atoms with Gasteiger partial charge in [-0.15, -0.1) is 0 Å². The van der Waals surface area contributed by atoms with Crippen LogP contribution in [0.15, 0.2) is 18.7 Å². The summed E-state index contributed by atoms with van der Waals surface area (Å²) in [7, 11) is -4.17. The third kappa shape index (κ3) is 30.1. The molecule has 0 aliphatic heterocycles. The zero-order valence-corrected chi connectivity index (χ0v) is 48.8. The molecule has 0 saturated carbocycles. The normalized spacial score (nSPS) is 14.6. The Morgan fingerprint density at radius 2 is 0.910 bits per heavy atom. The van der Waals surface area contributed by atoms with Gasteiger partial charge in [-0.2, -0.15) is 0 Å². The lowest BCUT2D eigenvalue weighted by Gasteiger charge is -2.42. The Bertz CT molecular complexity index is 1280. The van der Waals surface area contributed by atoms with E-state index in [1.54, 1.807) is 0 Å². The van der Waals surface area contributed by atoms with E-state index >= 15 is 0 Å². The molecule has 0 bridgehead atoms. The molecular weight excluding hydrogens is 867 g/mol. The number of unbranched alkanes of at least 4 members (excludes halogenated alkanes) is 14. The summed E-state index contributed by atoms with van der Waals surface area (Å²) >= 11 is 0. The maximum atomic E-state index is 12.9. The number of nitrogens with zero attached hydrogens (tertiary/aromatic N) is 3. The van der Waals surface area contributed by atoms with Gasteiger partial charge in [0.1, 0.15) is 12.2 Å². The smallest absolute Gasteiger partial charge is 0.306 e. The first-order valence-electron chi connectivity index (χ1n) is 28.1. The standard InChI is InChI=1S/C56H111N3O6Si2/c1-15-19-21-23-25-29-36-49(17-3)62-53(60)40-33-27-31-38-51(64-66(11,12)55(5,6)7)46-59(44-35-43-58-45-42-57-48-58)47-52(65-67(13,14)56(8,9)10)39-32-28-34-41-54(61)63-50(18-4)37-30-26-24-22-20-16-2/h42,45,48-52H,15-41,43-44,46-47H2,1-14H3. The Balaban J connectivity index is 3.07. The molecule has 0 aliphatic carbocycles. The third-order valence-electron chi connectivity index (χ3n) is 15.0. The summed E-state index contributed by atoms with van der Waals surface area (Å²) in [6, 6.07) is 0. The van der Waals surface area contributed by atoms with Crippen LogP contribution in [0.3, 0.4) is 0 Å². The number of ether oxygens (including phenoxy) is 2. The van der Waals surface area contributed by atoms with Gasteiger partial charge in [-0.25, -0.2) is 4.98 Å². The summed E-state index contributed by atoms with van der Waals surface area (Å²) in [5.74, 6) is -0.0692. The van der Waals surface area contributed by atoms with Crippen molar-refractivity contribution in [1.82, 2.24) is 14.5 Å². The van der Waals surface area contributed by atoms with Crippen LogP contribution < -0.4 is 0 Å². The highest BCUT2D eigenvalue weighted by Gasteiger charge is 2.41. The van der Waals surface area contributed by atoms with Crippen LogP contribution in [0.4, 0.5) is 0 Å². The quantitative estimate of drug-likeness (QED) is 0.0363. The Kier molecular flexibility index (Phi) is 33.7. The molecule has 1 heterocycles. The van der Waals surface area contributed by atoms with E-state index in [2.05, 4.69) is 116 Å². The summed E-state index contributed by atoms with van der Waals surface area (Å²) in [6.45, 7) is 35.9. The first-order valence-corrected chi connectivity index (χ1v) is 33.9. The van der Waals surface area contributed by atoms with E-state index in [0.717, 1.165) is 122 Å². The summed E-state index contributed by atoms with van der Waals surface area (Å²) in [5, 5.41) is 0.191. The van der Waals surface area contributed by atoms with Crippen LogP contribution >= 0.6 is 0 Å². The number of imidazole rings is 1. The molecule has 0 N–H and O–H groups in total. The van der Waals surface area contributed by atoms with Crippen molar-refractivity contribution in [3.8, 4) is 0 Å². The Morgan fingerprint density at radius 1 is 0.537 bits per heavy atom. The molecule has 0 amide bonds. The Labute approximate surface area is 417 Å². The van der Waals surface area contributed by atoms with Gasteiger partial charge in [-0.05, 0) is 107 Å². The van der Waals surface area contributed by atoms with Crippen LogP contribution in [0, 0.1) is 0 Å². The van der Waals surface area contributed by atoms with Crippen molar-refractivity contribution in [3.63, 3.8) is 0 Å². The fourth-order valence-electron chi connectivity index (χ4n) is 8.41. The molecule has 0 aromatic carbocycles. The largest absolute Gasteiger partial charge is 0.462 e. The first-order chi connectivity index (χ1) is 31.7. The third-order valence-corrected chi connectivity index (χ3v) is 24.1. The van der Waals surface area contributed by atoms with Crippen molar-refractivity contribution in [2.24, 2.45) is 0 Å². The molecule has 394 valence electrons. The van der Waals surface area contributed by atoms with E-state index in [1.807, 2.05) is 12.5 Å². The van der Waals surface area contributed by atoms with Crippen molar-refractivity contribution < 1.29 is 27.9 Å². The fraction of sp³-hybridized carbons (Fsp3) is 0.911. The molecule has 4 atom stereocenters. The van der Waals surface area contributed by atoms with E-state index in [9.17, 15) is 9.59 Å². The molecule has 0 aliphatic rings. The average molecular weight is 979 g/mol. The molecular formula is C56H111N3O6Si2. The van der Waals surface area contributed by atoms with Crippen LogP contribution in [-0.4, -0.2) is 87.1 Å². The predicted octanol–water partition coefficient (Wildman–Crippen LogP) is 16.4. The number of carbonyl (C=O) groups is 2. The molecule has 67 heavy (non-hydrogen) atoms. The van der Waals surface area contributed by atoms with E-state index in [0.29, 0.717) is 12.8 Å². The minimum absolute atomic E-state index is 0.0346. The second-order valence-corrected chi connectivity index (χ2v) is 32.8. The average Bonchev–Trinajstić information content (AvgIpc) is 3.77. The number of aromatic nitrogens is 2. The molecule has 4 unspecified atom stereocenters. The van der Waals surface area contributed by atoms with Crippen LogP contribution in [0.25, 0.3) is 0 Å². The number of esters is 2. The summed E-state index contributed by atoms with van der Waals surface area (Å²) < 4.78 is 28.7. The summed E-state index contributed by atoms with van der Waals surface area (Å²) in [5.41, 5.74) is 0. The van der Waals surface area contributed by atoms with Gasteiger partial charge in [0.25, 0.3) is 0 Å². The van der Waals surface area contributed by atoms with Crippen molar-refractivity contribution >= 4 is 28.6 Å².